The van der Waals surface area contributed by atoms with Gasteiger partial charge < -0.3 is 34.2 Å². The highest BCUT2D eigenvalue weighted by atomic mass is 35.5. The molecule has 0 aromatic heterocycles. The minimum atomic E-state index is -0.968. The maximum Gasteiger partial charge on any atom is 0.295 e. The number of nitrogens with zero attached hydrogens (tertiary/aromatic N) is 2. The van der Waals surface area contributed by atoms with Crippen LogP contribution in [-0.4, -0.2) is 80.2 Å². The minimum Gasteiger partial charge on any atom is -0.507 e. The van der Waals surface area contributed by atoms with Crippen LogP contribution in [0.5, 0.6) is 23.0 Å². The van der Waals surface area contributed by atoms with Crippen molar-refractivity contribution in [3.63, 3.8) is 0 Å². The standard InChI is InChI=1S/C25H29ClN2O7/c1-27(2)9-6-10-28-21(14-11-18(33-3)24(35-5)19(12-14)34-4)20(23(31)25(28)32)22(30)16-13-15(26)7-8-17(16)29/h7-8,11-13,21,29-30H,6,9-10H2,1-5H3/b22-20+. The Kier molecular flexibility index (Phi) is 8.14. The number of aliphatic hydroxyl groups excluding tert-OH is 1. The maximum atomic E-state index is 13.2. The van der Waals surface area contributed by atoms with E-state index in [9.17, 15) is 19.8 Å². The van der Waals surface area contributed by atoms with E-state index in [2.05, 4.69) is 0 Å². The lowest BCUT2D eigenvalue weighted by Gasteiger charge is -2.27. The number of carbonyl (C=O) groups is 2. The van der Waals surface area contributed by atoms with Gasteiger partial charge in [0, 0.05) is 11.6 Å². The summed E-state index contributed by atoms with van der Waals surface area (Å²) in [7, 11) is 8.20. The van der Waals surface area contributed by atoms with Gasteiger partial charge in [-0.05, 0) is 63.0 Å². The first-order chi connectivity index (χ1) is 16.6. The molecule has 2 N–H and O–H groups in total. The average Bonchev–Trinajstić information content (AvgIpc) is 3.08. The van der Waals surface area contributed by atoms with E-state index in [0.717, 1.165) is 0 Å². The van der Waals surface area contributed by atoms with E-state index >= 15 is 0 Å². The highest BCUT2D eigenvalue weighted by Crippen LogP contribution is 2.46. The van der Waals surface area contributed by atoms with Crippen LogP contribution < -0.4 is 14.2 Å². The average molecular weight is 505 g/mol. The van der Waals surface area contributed by atoms with Crippen molar-refractivity contribution in [1.29, 1.82) is 0 Å². The highest BCUT2D eigenvalue weighted by molar-refractivity contribution is 6.46. The van der Waals surface area contributed by atoms with Crippen LogP contribution in [0.4, 0.5) is 0 Å². The molecule has 1 atom stereocenters. The Hall–Kier alpha value is -3.43. The second kappa shape index (κ2) is 10.9. The van der Waals surface area contributed by atoms with Crippen molar-refractivity contribution in [3.05, 3.63) is 52.1 Å². The molecule has 188 valence electrons. The predicted molar refractivity (Wildman–Crippen MR) is 131 cm³/mol. The largest absolute Gasteiger partial charge is 0.507 e. The molecule has 0 spiro atoms. The fourth-order valence-electron chi connectivity index (χ4n) is 4.12. The minimum absolute atomic E-state index is 0.0544. The molecular formula is C25H29ClN2O7. The number of rotatable bonds is 9. The molecule has 0 radical (unpaired) electrons. The van der Waals surface area contributed by atoms with E-state index in [0.29, 0.717) is 35.8 Å². The monoisotopic (exact) mass is 504 g/mol. The zero-order valence-electron chi connectivity index (χ0n) is 20.3. The first-order valence-corrected chi connectivity index (χ1v) is 11.2. The van der Waals surface area contributed by atoms with Gasteiger partial charge in [0.2, 0.25) is 5.75 Å². The van der Waals surface area contributed by atoms with E-state index in [1.165, 1.54) is 44.4 Å². The number of aliphatic hydroxyl groups is 1. The fraction of sp³-hybridized carbons (Fsp3) is 0.360. The lowest BCUT2D eigenvalue weighted by molar-refractivity contribution is -0.139. The lowest BCUT2D eigenvalue weighted by atomic mass is 9.94. The van der Waals surface area contributed by atoms with Crippen LogP contribution in [0, 0.1) is 0 Å². The summed E-state index contributed by atoms with van der Waals surface area (Å²) in [6, 6.07) is 6.37. The van der Waals surface area contributed by atoms with E-state index in [1.54, 1.807) is 12.1 Å². The number of phenolic OH excluding ortho intramolecular Hbond substituents is 1. The molecule has 1 amide bonds. The van der Waals surface area contributed by atoms with Gasteiger partial charge in [-0.15, -0.1) is 0 Å². The third kappa shape index (κ3) is 5.16. The number of methoxy groups -OCH3 is 3. The molecule has 0 aliphatic carbocycles. The highest BCUT2D eigenvalue weighted by Gasteiger charge is 2.46. The van der Waals surface area contributed by atoms with Gasteiger partial charge in [0.15, 0.2) is 11.5 Å². The topological polar surface area (TPSA) is 109 Å². The van der Waals surface area contributed by atoms with Crippen molar-refractivity contribution >= 4 is 29.1 Å². The first-order valence-electron chi connectivity index (χ1n) is 10.9. The van der Waals surface area contributed by atoms with E-state index in [4.69, 9.17) is 25.8 Å². The Morgan fingerprint density at radius 2 is 1.69 bits per heavy atom. The molecule has 0 saturated carbocycles. The number of Topliss-reactive ketones (excluding diaryl/α,β-unsaturated/α-hetero) is 1. The van der Waals surface area contributed by atoms with Gasteiger partial charge in [0.1, 0.15) is 11.5 Å². The summed E-state index contributed by atoms with van der Waals surface area (Å²) in [5.41, 5.74) is 0.236. The smallest absolute Gasteiger partial charge is 0.295 e. The Morgan fingerprint density at radius 3 is 2.23 bits per heavy atom. The molecular weight excluding hydrogens is 476 g/mol. The van der Waals surface area contributed by atoms with Crippen LogP contribution in [0.2, 0.25) is 5.02 Å². The summed E-state index contributed by atoms with van der Waals surface area (Å²) in [5.74, 6) is -1.45. The Labute approximate surface area is 209 Å². The van der Waals surface area contributed by atoms with Crippen molar-refractivity contribution in [2.75, 3.05) is 48.5 Å². The number of carbonyl (C=O) groups excluding carboxylic acids is 2. The van der Waals surface area contributed by atoms with Crippen molar-refractivity contribution < 1.29 is 34.0 Å². The molecule has 1 heterocycles. The third-order valence-electron chi connectivity index (χ3n) is 5.76. The van der Waals surface area contributed by atoms with Crippen LogP contribution >= 0.6 is 11.6 Å². The number of benzene rings is 2. The van der Waals surface area contributed by atoms with Crippen molar-refractivity contribution in [2.24, 2.45) is 0 Å². The Morgan fingerprint density at radius 1 is 1.06 bits per heavy atom. The zero-order valence-corrected chi connectivity index (χ0v) is 21.0. The molecule has 2 aromatic rings. The molecule has 1 aliphatic rings. The SMILES string of the molecule is COc1cc(C2/C(=C(\O)c3cc(Cl)ccc3O)C(=O)C(=O)N2CCCN(C)C)cc(OC)c1OC. The molecule has 10 heteroatoms. The predicted octanol–water partition coefficient (Wildman–Crippen LogP) is 3.44. The molecule has 1 fully saturated rings. The fourth-order valence-corrected chi connectivity index (χ4v) is 4.29. The van der Waals surface area contributed by atoms with Gasteiger partial charge >= 0.3 is 0 Å². The molecule has 3 rings (SSSR count). The van der Waals surface area contributed by atoms with Gasteiger partial charge in [-0.3, -0.25) is 9.59 Å². The lowest BCUT2D eigenvalue weighted by Crippen LogP contribution is -2.32. The number of amides is 1. The van der Waals surface area contributed by atoms with Crippen molar-refractivity contribution in [2.45, 2.75) is 12.5 Å². The summed E-state index contributed by atoms with van der Waals surface area (Å²) >= 11 is 6.07. The van der Waals surface area contributed by atoms with Crippen molar-refractivity contribution in [1.82, 2.24) is 9.80 Å². The van der Waals surface area contributed by atoms with Gasteiger partial charge in [0.25, 0.3) is 11.7 Å². The summed E-state index contributed by atoms with van der Waals surface area (Å²) in [6.45, 7) is 0.933. The number of hydrogen-bond acceptors (Lipinski definition) is 8. The second-order valence-corrected chi connectivity index (χ2v) is 8.71. The van der Waals surface area contributed by atoms with Crippen LogP contribution in [0.1, 0.15) is 23.6 Å². The van der Waals surface area contributed by atoms with Crippen molar-refractivity contribution in [3.8, 4) is 23.0 Å². The van der Waals surface area contributed by atoms with E-state index in [-0.39, 0.29) is 28.5 Å². The molecule has 2 aromatic carbocycles. The molecule has 1 unspecified atom stereocenters. The summed E-state index contributed by atoms with van der Waals surface area (Å²) in [6.07, 6.45) is 0.587. The molecule has 35 heavy (non-hydrogen) atoms. The zero-order chi connectivity index (χ0) is 25.9. The number of halogens is 1. The van der Waals surface area contributed by atoms with Crippen LogP contribution in [0.15, 0.2) is 35.9 Å². The number of likely N-dealkylation sites (tertiary alicyclic amines) is 1. The molecule has 1 aliphatic heterocycles. The maximum absolute atomic E-state index is 13.2. The van der Waals surface area contributed by atoms with Crippen LogP contribution in [-0.2, 0) is 9.59 Å². The summed E-state index contributed by atoms with van der Waals surface area (Å²) in [4.78, 5) is 29.7. The van der Waals surface area contributed by atoms with Gasteiger partial charge in [-0.1, -0.05) is 11.6 Å². The van der Waals surface area contributed by atoms with Gasteiger partial charge in [-0.25, -0.2) is 0 Å². The molecule has 1 saturated heterocycles. The third-order valence-corrected chi connectivity index (χ3v) is 6.00. The number of hydrogen-bond donors (Lipinski definition) is 2. The number of ether oxygens (including phenoxy) is 3. The second-order valence-electron chi connectivity index (χ2n) is 8.27. The van der Waals surface area contributed by atoms with Gasteiger partial charge in [-0.2, -0.15) is 0 Å². The Bertz CT molecular complexity index is 1140. The first kappa shape index (κ1) is 26.2. The van der Waals surface area contributed by atoms with E-state index in [1.807, 2.05) is 19.0 Å². The van der Waals surface area contributed by atoms with Crippen LogP contribution in [0.25, 0.3) is 5.76 Å². The summed E-state index contributed by atoms with van der Waals surface area (Å²) in [5, 5.41) is 21.8. The van der Waals surface area contributed by atoms with Crippen LogP contribution in [0.3, 0.4) is 0 Å². The number of phenols is 1. The Balaban J connectivity index is 2.26. The summed E-state index contributed by atoms with van der Waals surface area (Å²) < 4.78 is 16.3. The molecule has 0 bridgehead atoms. The number of aromatic hydroxyl groups is 1. The van der Waals surface area contributed by atoms with E-state index < -0.39 is 23.5 Å². The van der Waals surface area contributed by atoms with Gasteiger partial charge in [0.05, 0.1) is 38.5 Å². The number of ketones is 1. The molecule has 9 nitrogen and oxygen atoms in total. The quantitative estimate of drug-likeness (QED) is 0.304. The normalized spacial score (nSPS) is 17.2.